The van der Waals surface area contributed by atoms with Gasteiger partial charge in [0.2, 0.25) is 15.9 Å². The van der Waals surface area contributed by atoms with Gasteiger partial charge in [0.25, 0.3) is 5.91 Å². The number of thioether (sulfide) groups is 1. The molecule has 1 heterocycles. The molecule has 0 spiro atoms. The van der Waals surface area contributed by atoms with Gasteiger partial charge < -0.3 is 15.2 Å². The van der Waals surface area contributed by atoms with Crippen molar-refractivity contribution in [2.24, 2.45) is 0 Å². The molecule has 0 radical (unpaired) electrons. The molecular formula is C18H17Cl3N2O5S2. The average molecular weight is 512 g/mol. The SMILES string of the molecule is CCC(=O)N[C@H](Oc1ccc(/C=C2\SC(=S)N(CCC(=O)O)C2=O)cc1)C(Cl)(Cl)Cl. The zero-order valence-electron chi connectivity index (χ0n) is 15.6. The minimum atomic E-state index is -1.88. The number of carboxylic acids is 1. The van der Waals surface area contributed by atoms with Crippen LogP contribution < -0.4 is 10.1 Å². The molecule has 2 N–H and O–H groups in total. The molecule has 0 aliphatic carbocycles. The third kappa shape index (κ3) is 7.02. The normalized spacial score (nSPS) is 16.7. The highest BCUT2D eigenvalue weighted by Gasteiger charge is 2.36. The third-order valence-electron chi connectivity index (χ3n) is 3.77. The summed E-state index contributed by atoms with van der Waals surface area (Å²) in [6.45, 7) is 1.68. The van der Waals surface area contributed by atoms with Crippen LogP contribution in [0.25, 0.3) is 6.08 Å². The Labute approximate surface area is 197 Å². The summed E-state index contributed by atoms with van der Waals surface area (Å²) in [7, 11) is 0. The molecule has 0 bridgehead atoms. The lowest BCUT2D eigenvalue weighted by atomic mass is 10.2. The first-order valence-electron chi connectivity index (χ1n) is 8.61. The van der Waals surface area contributed by atoms with E-state index in [9.17, 15) is 14.4 Å². The first-order chi connectivity index (χ1) is 14.0. The van der Waals surface area contributed by atoms with Gasteiger partial charge in [-0.15, -0.1) is 0 Å². The van der Waals surface area contributed by atoms with Crippen LogP contribution in [0.2, 0.25) is 0 Å². The number of alkyl halides is 3. The Morgan fingerprint density at radius 2 is 1.97 bits per heavy atom. The number of aliphatic carboxylic acids is 1. The molecule has 1 saturated heterocycles. The van der Waals surface area contributed by atoms with E-state index >= 15 is 0 Å². The highest BCUT2D eigenvalue weighted by Crippen LogP contribution is 2.34. The predicted octanol–water partition coefficient (Wildman–Crippen LogP) is 3.96. The Bertz CT molecular complexity index is 872. The number of carbonyl (C=O) groups is 3. The van der Waals surface area contributed by atoms with E-state index in [-0.39, 0.29) is 31.2 Å². The lowest BCUT2D eigenvalue weighted by molar-refractivity contribution is -0.137. The highest BCUT2D eigenvalue weighted by molar-refractivity contribution is 8.26. The number of benzene rings is 1. The average Bonchev–Trinajstić information content (AvgIpc) is 2.93. The Morgan fingerprint density at radius 1 is 1.33 bits per heavy atom. The lowest BCUT2D eigenvalue weighted by Gasteiger charge is -2.26. The fraction of sp³-hybridized carbons (Fsp3) is 0.333. The van der Waals surface area contributed by atoms with Crippen LogP contribution in [0.3, 0.4) is 0 Å². The first kappa shape index (κ1) is 24.7. The molecule has 2 amide bonds. The number of ether oxygens (including phenoxy) is 1. The molecule has 1 fully saturated rings. The van der Waals surface area contributed by atoms with E-state index in [4.69, 9.17) is 56.9 Å². The van der Waals surface area contributed by atoms with E-state index in [1.54, 1.807) is 37.3 Å². The minimum absolute atomic E-state index is 0.0199. The molecular weight excluding hydrogens is 495 g/mol. The quantitative estimate of drug-likeness (QED) is 0.236. The highest BCUT2D eigenvalue weighted by atomic mass is 35.6. The standard InChI is InChI=1S/C18H17Cl3N2O5S2/c1-2-13(24)22-16(18(19,20)21)28-11-5-3-10(4-6-11)9-12-15(27)23(17(29)30-12)8-7-14(25)26/h3-6,9,16H,2,7-8H2,1H3,(H,22,24)(H,25,26)/b12-9-/t16-/m1/s1. The van der Waals surface area contributed by atoms with Crippen molar-refractivity contribution >= 4 is 87.0 Å². The molecule has 162 valence electrons. The zero-order chi connectivity index (χ0) is 22.5. The molecule has 1 aliphatic rings. The van der Waals surface area contributed by atoms with Crippen molar-refractivity contribution in [2.45, 2.75) is 29.8 Å². The Balaban J connectivity index is 2.10. The van der Waals surface area contributed by atoms with Gasteiger partial charge in [-0.2, -0.15) is 0 Å². The first-order valence-corrected chi connectivity index (χ1v) is 11.0. The number of nitrogens with one attached hydrogen (secondary N) is 1. The van der Waals surface area contributed by atoms with Gasteiger partial charge in [-0.3, -0.25) is 19.3 Å². The van der Waals surface area contributed by atoms with Crippen LogP contribution in [0, 0.1) is 0 Å². The van der Waals surface area contributed by atoms with Crippen LogP contribution in [-0.2, 0) is 14.4 Å². The van der Waals surface area contributed by atoms with Gasteiger partial charge in [0, 0.05) is 13.0 Å². The topological polar surface area (TPSA) is 95.9 Å². The summed E-state index contributed by atoms with van der Waals surface area (Å²) in [6.07, 6.45) is 0.454. The van der Waals surface area contributed by atoms with Crippen LogP contribution >= 0.6 is 58.8 Å². The predicted molar refractivity (Wildman–Crippen MR) is 122 cm³/mol. The van der Waals surface area contributed by atoms with Gasteiger partial charge >= 0.3 is 5.97 Å². The van der Waals surface area contributed by atoms with Crippen molar-refractivity contribution in [3.8, 4) is 5.75 Å². The lowest BCUT2D eigenvalue weighted by Crippen LogP contribution is -2.47. The number of halogens is 3. The van der Waals surface area contributed by atoms with Crippen LogP contribution in [0.15, 0.2) is 29.2 Å². The summed E-state index contributed by atoms with van der Waals surface area (Å²) in [6, 6.07) is 6.55. The minimum Gasteiger partial charge on any atom is -0.481 e. The summed E-state index contributed by atoms with van der Waals surface area (Å²) in [5.74, 6) is -1.35. The zero-order valence-corrected chi connectivity index (χ0v) is 19.5. The molecule has 2 rings (SSSR count). The fourth-order valence-corrected chi connectivity index (χ4v) is 3.86. The third-order valence-corrected chi connectivity index (χ3v) is 5.74. The number of carbonyl (C=O) groups excluding carboxylic acids is 2. The van der Waals surface area contributed by atoms with Crippen LogP contribution in [0.4, 0.5) is 0 Å². The maximum Gasteiger partial charge on any atom is 0.305 e. The number of rotatable bonds is 8. The van der Waals surface area contributed by atoms with Crippen molar-refractivity contribution in [2.75, 3.05) is 6.54 Å². The second kappa shape index (κ2) is 10.7. The molecule has 1 aromatic rings. The largest absolute Gasteiger partial charge is 0.481 e. The van der Waals surface area contributed by atoms with Crippen molar-refractivity contribution in [1.29, 1.82) is 0 Å². The van der Waals surface area contributed by atoms with E-state index in [2.05, 4.69) is 5.32 Å². The number of hydrogen-bond donors (Lipinski definition) is 2. The fourth-order valence-electron chi connectivity index (χ4n) is 2.26. The van der Waals surface area contributed by atoms with E-state index in [1.165, 1.54) is 4.90 Å². The molecule has 30 heavy (non-hydrogen) atoms. The maximum absolute atomic E-state index is 12.4. The smallest absolute Gasteiger partial charge is 0.305 e. The van der Waals surface area contributed by atoms with Crippen molar-refractivity contribution in [1.82, 2.24) is 10.2 Å². The van der Waals surface area contributed by atoms with Gasteiger partial charge in [0.1, 0.15) is 10.1 Å². The Hall–Kier alpha value is -1.52. The maximum atomic E-state index is 12.4. The summed E-state index contributed by atoms with van der Waals surface area (Å²) in [5, 5.41) is 11.3. The van der Waals surface area contributed by atoms with E-state index in [0.29, 0.717) is 20.5 Å². The molecule has 0 saturated carbocycles. The summed E-state index contributed by atoms with van der Waals surface area (Å²) in [4.78, 5) is 36.4. The van der Waals surface area contributed by atoms with Gasteiger partial charge in [-0.1, -0.05) is 77.8 Å². The van der Waals surface area contributed by atoms with E-state index in [1.807, 2.05) is 0 Å². The van der Waals surface area contributed by atoms with Gasteiger partial charge in [-0.05, 0) is 23.8 Å². The number of thiocarbonyl (C=S) groups is 1. The molecule has 0 aromatic heterocycles. The summed E-state index contributed by atoms with van der Waals surface area (Å²) >= 11 is 23.9. The van der Waals surface area contributed by atoms with E-state index < -0.39 is 16.0 Å². The Kier molecular flexibility index (Phi) is 8.81. The van der Waals surface area contributed by atoms with Crippen LogP contribution in [0.5, 0.6) is 5.75 Å². The summed E-state index contributed by atoms with van der Waals surface area (Å²) < 4.78 is 4.01. The van der Waals surface area contributed by atoms with E-state index in [0.717, 1.165) is 11.8 Å². The van der Waals surface area contributed by atoms with Crippen molar-refractivity contribution in [3.63, 3.8) is 0 Å². The van der Waals surface area contributed by atoms with Gasteiger partial charge in [-0.25, -0.2) is 0 Å². The van der Waals surface area contributed by atoms with Gasteiger partial charge in [0.05, 0.1) is 11.3 Å². The number of amides is 2. The molecule has 0 unspecified atom stereocenters. The Morgan fingerprint density at radius 3 is 2.50 bits per heavy atom. The van der Waals surface area contributed by atoms with Crippen molar-refractivity contribution in [3.05, 3.63) is 34.7 Å². The van der Waals surface area contributed by atoms with Crippen LogP contribution in [-0.4, -0.2) is 48.7 Å². The summed E-state index contributed by atoms with van der Waals surface area (Å²) in [5.41, 5.74) is 0.684. The molecule has 12 heteroatoms. The van der Waals surface area contributed by atoms with Gasteiger partial charge in [0.15, 0.2) is 0 Å². The molecule has 1 aromatic carbocycles. The second-order valence-electron chi connectivity index (χ2n) is 6.01. The molecule has 1 atom stereocenters. The van der Waals surface area contributed by atoms with Crippen LogP contribution in [0.1, 0.15) is 25.3 Å². The number of nitrogens with zero attached hydrogens (tertiary/aromatic N) is 1. The number of carboxylic acid groups (broad SMARTS) is 1. The molecule has 1 aliphatic heterocycles. The second-order valence-corrected chi connectivity index (χ2v) is 10.1. The van der Waals surface area contributed by atoms with Crippen molar-refractivity contribution < 1.29 is 24.2 Å². The monoisotopic (exact) mass is 510 g/mol. The molecule has 7 nitrogen and oxygen atoms in total. The number of hydrogen-bond acceptors (Lipinski definition) is 6.